The molecule has 9 heteroatoms. The summed E-state index contributed by atoms with van der Waals surface area (Å²) in [6.07, 6.45) is -0.122. The largest absolute Gasteiger partial charge is 0.509 e. The third kappa shape index (κ3) is 5.38. The van der Waals surface area contributed by atoms with Gasteiger partial charge < -0.3 is 10.4 Å². The third-order valence-electron chi connectivity index (χ3n) is 4.46. The number of hydrazone groups is 1. The van der Waals surface area contributed by atoms with Crippen molar-refractivity contribution < 1.29 is 14.7 Å². The molecule has 2 aromatic rings. The van der Waals surface area contributed by atoms with Crippen LogP contribution in [0.2, 0.25) is 0 Å². The van der Waals surface area contributed by atoms with Crippen LogP contribution in [0.1, 0.15) is 18.9 Å². The molecule has 2 amide bonds. The van der Waals surface area contributed by atoms with Crippen LogP contribution in [0.25, 0.3) is 0 Å². The lowest BCUT2D eigenvalue weighted by molar-refractivity contribution is -0.121. The van der Waals surface area contributed by atoms with E-state index in [-0.39, 0.29) is 23.7 Å². The molecule has 0 spiro atoms. The summed E-state index contributed by atoms with van der Waals surface area (Å²) in [5, 5.41) is 17.3. The molecule has 5 N–H and O–H groups in total. The predicted octanol–water partition coefficient (Wildman–Crippen LogP) is 3.39. The normalized spacial score (nSPS) is 16.3. The molecule has 3 rings (SSSR count). The zero-order valence-corrected chi connectivity index (χ0v) is 18.1. The van der Waals surface area contributed by atoms with E-state index < -0.39 is 11.9 Å². The number of carbonyl (C=O) groups excluding carboxylic acids is 2. The van der Waals surface area contributed by atoms with Gasteiger partial charge in [0.1, 0.15) is 11.3 Å². The fourth-order valence-electron chi connectivity index (χ4n) is 2.83. The van der Waals surface area contributed by atoms with Gasteiger partial charge >= 0.3 is 0 Å². The van der Waals surface area contributed by atoms with E-state index >= 15 is 0 Å². The molecule has 30 heavy (non-hydrogen) atoms. The first kappa shape index (κ1) is 21.4. The van der Waals surface area contributed by atoms with Gasteiger partial charge in [-0.3, -0.25) is 25.9 Å². The standard InChI is InChI=1S/C21H22BrN5O3/c1-12-3-7-15(8-4-12)25-24-13(2)19-20(29)17(23-21(19)30)11-18(28)27-26-16-9-5-14(22)6-10-16/h3-10,17,25-26,29H,11H2,1-2H3,(H,23,30)(H,27,28). The van der Waals surface area contributed by atoms with Crippen LogP contribution in [0.4, 0.5) is 11.4 Å². The Morgan fingerprint density at radius 2 is 1.77 bits per heavy atom. The molecule has 1 unspecified atom stereocenters. The van der Waals surface area contributed by atoms with Crippen LogP contribution >= 0.6 is 15.9 Å². The Balaban J connectivity index is 1.60. The molecule has 156 valence electrons. The molecular formula is C21H22BrN5O3. The van der Waals surface area contributed by atoms with Gasteiger partial charge in [0, 0.05) is 4.47 Å². The highest BCUT2D eigenvalue weighted by atomic mass is 79.9. The van der Waals surface area contributed by atoms with Gasteiger partial charge in [0.05, 0.1) is 29.5 Å². The number of anilines is 2. The van der Waals surface area contributed by atoms with E-state index in [0.717, 1.165) is 15.7 Å². The summed E-state index contributed by atoms with van der Waals surface area (Å²) in [5.41, 5.74) is 11.1. The van der Waals surface area contributed by atoms with Gasteiger partial charge in [-0.1, -0.05) is 33.6 Å². The van der Waals surface area contributed by atoms with Gasteiger partial charge in [-0.2, -0.15) is 5.10 Å². The number of carbonyl (C=O) groups is 2. The molecule has 2 aromatic carbocycles. The van der Waals surface area contributed by atoms with E-state index in [1.165, 1.54) is 0 Å². The molecule has 8 nitrogen and oxygen atoms in total. The maximum absolute atomic E-state index is 12.3. The van der Waals surface area contributed by atoms with Crippen LogP contribution in [-0.4, -0.2) is 28.7 Å². The number of aliphatic hydroxyl groups is 1. The molecule has 0 bridgehead atoms. The second-order valence-corrected chi connectivity index (χ2v) is 7.76. The van der Waals surface area contributed by atoms with Crippen molar-refractivity contribution in [2.45, 2.75) is 26.3 Å². The lowest BCUT2D eigenvalue weighted by atomic mass is 10.1. The Kier molecular flexibility index (Phi) is 6.73. The van der Waals surface area contributed by atoms with E-state index in [0.29, 0.717) is 11.4 Å². The number of aryl methyl sites for hydroxylation is 1. The number of nitrogens with one attached hydrogen (secondary N) is 4. The molecule has 1 heterocycles. The number of halogens is 1. The number of hydrazine groups is 1. The summed E-state index contributed by atoms with van der Waals surface area (Å²) < 4.78 is 0.921. The highest BCUT2D eigenvalue weighted by Crippen LogP contribution is 2.20. The van der Waals surface area contributed by atoms with E-state index in [1.54, 1.807) is 19.1 Å². The maximum atomic E-state index is 12.3. The van der Waals surface area contributed by atoms with Crippen LogP contribution < -0.4 is 21.6 Å². The minimum atomic E-state index is -0.816. The molecule has 0 saturated carbocycles. The molecule has 0 aromatic heterocycles. The van der Waals surface area contributed by atoms with Crippen molar-refractivity contribution in [3.8, 4) is 0 Å². The van der Waals surface area contributed by atoms with E-state index in [9.17, 15) is 14.7 Å². The van der Waals surface area contributed by atoms with Crippen molar-refractivity contribution >= 4 is 44.8 Å². The number of benzene rings is 2. The number of hydrogen-bond donors (Lipinski definition) is 5. The Hall–Kier alpha value is -3.33. The Bertz CT molecular complexity index is 1000. The summed E-state index contributed by atoms with van der Waals surface area (Å²) >= 11 is 3.34. The Labute approximate surface area is 182 Å². The van der Waals surface area contributed by atoms with Crippen LogP contribution in [0.3, 0.4) is 0 Å². The fraction of sp³-hybridized carbons (Fsp3) is 0.190. The number of rotatable bonds is 7. The smallest absolute Gasteiger partial charge is 0.257 e. The molecule has 1 aliphatic rings. The van der Waals surface area contributed by atoms with Crippen molar-refractivity contribution in [2.24, 2.45) is 5.10 Å². The topological polar surface area (TPSA) is 115 Å². The summed E-state index contributed by atoms with van der Waals surface area (Å²) in [7, 11) is 0. The highest BCUT2D eigenvalue weighted by Gasteiger charge is 2.34. The number of hydrogen-bond acceptors (Lipinski definition) is 6. The summed E-state index contributed by atoms with van der Waals surface area (Å²) in [5.74, 6) is -1.06. The van der Waals surface area contributed by atoms with Crippen molar-refractivity contribution in [3.63, 3.8) is 0 Å². The maximum Gasteiger partial charge on any atom is 0.257 e. The summed E-state index contributed by atoms with van der Waals surface area (Å²) in [4.78, 5) is 24.5. The lowest BCUT2D eigenvalue weighted by Crippen LogP contribution is -2.37. The number of nitrogens with zero attached hydrogens (tertiary/aromatic N) is 1. The monoisotopic (exact) mass is 471 g/mol. The van der Waals surface area contributed by atoms with Gasteiger partial charge in [0.2, 0.25) is 5.91 Å². The quantitative estimate of drug-likeness (QED) is 0.313. The minimum Gasteiger partial charge on any atom is -0.509 e. The van der Waals surface area contributed by atoms with Crippen molar-refractivity contribution in [2.75, 3.05) is 10.9 Å². The van der Waals surface area contributed by atoms with Crippen LogP contribution in [-0.2, 0) is 9.59 Å². The molecule has 1 atom stereocenters. The van der Waals surface area contributed by atoms with Crippen molar-refractivity contribution in [3.05, 3.63) is 69.9 Å². The second kappa shape index (κ2) is 9.45. The van der Waals surface area contributed by atoms with Gasteiger partial charge in [0.15, 0.2) is 0 Å². The molecule has 1 aliphatic heterocycles. The summed E-state index contributed by atoms with van der Waals surface area (Å²) in [6, 6.07) is 14.0. The second-order valence-electron chi connectivity index (χ2n) is 6.85. The first-order chi connectivity index (χ1) is 14.3. The van der Waals surface area contributed by atoms with Crippen LogP contribution in [0, 0.1) is 6.92 Å². The average Bonchev–Trinajstić information content (AvgIpc) is 3.00. The molecule has 0 saturated heterocycles. The fourth-order valence-corrected chi connectivity index (χ4v) is 3.09. The predicted molar refractivity (Wildman–Crippen MR) is 120 cm³/mol. The zero-order valence-electron chi connectivity index (χ0n) is 16.5. The van der Waals surface area contributed by atoms with E-state index in [1.807, 2.05) is 43.3 Å². The molecular weight excluding hydrogens is 450 g/mol. The SMILES string of the molecule is CC(=NNc1ccc(C)cc1)C1=C(O)C(CC(=O)NNc2ccc(Br)cc2)NC1=O. The zero-order chi connectivity index (χ0) is 21.7. The van der Waals surface area contributed by atoms with Crippen molar-refractivity contribution in [1.29, 1.82) is 0 Å². The molecule has 0 aliphatic carbocycles. The van der Waals surface area contributed by atoms with Gasteiger partial charge in [-0.25, -0.2) is 0 Å². The van der Waals surface area contributed by atoms with Gasteiger partial charge in [0.25, 0.3) is 5.91 Å². The average molecular weight is 472 g/mol. The summed E-state index contributed by atoms with van der Waals surface area (Å²) in [6.45, 7) is 3.60. The highest BCUT2D eigenvalue weighted by molar-refractivity contribution is 9.10. The molecule has 0 fully saturated rings. The third-order valence-corrected chi connectivity index (χ3v) is 4.99. The number of amides is 2. The van der Waals surface area contributed by atoms with Gasteiger partial charge in [-0.15, -0.1) is 0 Å². The van der Waals surface area contributed by atoms with Crippen molar-refractivity contribution in [1.82, 2.24) is 10.7 Å². The lowest BCUT2D eigenvalue weighted by Gasteiger charge is -2.12. The first-order valence-electron chi connectivity index (χ1n) is 9.25. The Morgan fingerprint density at radius 3 is 2.43 bits per heavy atom. The minimum absolute atomic E-state index is 0.0632. The first-order valence-corrected chi connectivity index (χ1v) is 10.0. The molecule has 0 radical (unpaired) electrons. The van der Waals surface area contributed by atoms with Gasteiger partial charge in [-0.05, 0) is 50.2 Å². The number of aliphatic hydroxyl groups excluding tert-OH is 1. The van der Waals surface area contributed by atoms with E-state index in [2.05, 4.69) is 42.6 Å². The Morgan fingerprint density at radius 1 is 1.13 bits per heavy atom. The van der Waals surface area contributed by atoms with Crippen LogP contribution in [0.15, 0.2) is 69.4 Å². The van der Waals surface area contributed by atoms with Crippen LogP contribution in [0.5, 0.6) is 0 Å². The van der Waals surface area contributed by atoms with E-state index in [4.69, 9.17) is 0 Å².